The van der Waals surface area contributed by atoms with Gasteiger partial charge >= 0.3 is 0 Å². The molecule has 0 unspecified atom stereocenters. The van der Waals surface area contributed by atoms with Crippen molar-refractivity contribution >= 4 is 55.8 Å². The van der Waals surface area contributed by atoms with Crippen molar-refractivity contribution in [1.82, 2.24) is 19.8 Å². The molecule has 3 aromatic heterocycles. The van der Waals surface area contributed by atoms with E-state index in [4.69, 9.17) is 10.5 Å². The lowest BCUT2D eigenvalue weighted by Gasteiger charge is -2.13. The van der Waals surface area contributed by atoms with Gasteiger partial charge in [-0.15, -0.1) is 11.3 Å². The fraction of sp³-hybridized carbons (Fsp3) is 0.273. The van der Waals surface area contributed by atoms with E-state index < -0.39 is 0 Å². The quantitative estimate of drug-likeness (QED) is 0.176. The first kappa shape index (κ1) is 28.0. The molecule has 0 saturated carbocycles. The average molecular weight is 581 g/mol. The Bertz CT molecular complexity index is 1770. The maximum Gasteiger partial charge on any atom is 0.272 e. The summed E-state index contributed by atoms with van der Waals surface area (Å²) in [7, 11) is 3.50. The van der Waals surface area contributed by atoms with Gasteiger partial charge in [0.2, 0.25) is 0 Å². The van der Waals surface area contributed by atoms with E-state index in [0.717, 1.165) is 57.3 Å². The number of pyridine rings is 1. The summed E-state index contributed by atoms with van der Waals surface area (Å²) < 4.78 is 8.70. The maximum absolute atomic E-state index is 13.2. The molecule has 5 aromatic rings. The second-order valence-electron chi connectivity index (χ2n) is 10.6. The lowest BCUT2D eigenvalue weighted by atomic mass is 10.0. The van der Waals surface area contributed by atoms with Gasteiger partial charge in [0.05, 0.1) is 12.8 Å². The summed E-state index contributed by atoms with van der Waals surface area (Å²) in [6, 6.07) is 15.6. The third-order valence-electron chi connectivity index (χ3n) is 7.96. The zero-order valence-corrected chi connectivity index (χ0v) is 24.8. The number of hydrogen-bond acceptors (Lipinski definition) is 7. The third-order valence-corrected chi connectivity index (χ3v) is 8.99. The molecule has 1 amide bonds. The van der Waals surface area contributed by atoms with Crippen molar-refractivity contribution in [2.24, 2.45) is 7.05 Å². The zero-order chi connectivity index (χ0) is 29.1. The van der Waals surface area contributed by atoms with Crippen molar-refractivity contribution in [3.05, 3.63) is 77.4 Å². The Labute approximate surface area is 249 Å². The first-order chi connectivity index (χ1) is 20.5. The van der Waals surface area contributed by atoms with Crippen LogP contribution in [0.5, 0.6) is 5.75 Å². The van der Waals surface area contributed by atoms with Crippen LogP contribution in [0.3, 0.4) is 0 Å². The summed E-state index contributed by atoms with van der Waals surface area (Å²) in [5, 5.41) is 10.6. The van der Waals surface area contributed by atoms with Crippen LogP contribution in [0.25, 0.3) is 38.2 Å². The molecular formula is C33H36N6O2S. The highest BCUT2D eigenvalue weighted by atomic mass is 32.1. The van der Waals surface area contributed by atoms with Crippen LogP contribution in [-0.2, 0) is 7.05 Å². The molecule has 8 nitrogen and oxygen atoms in total. The van der Waals surface area contributed by atoms with E-state index in [0.29, 0.717) is 22.9 Å². The molecule has 1 aliphatic rings. The highest BCUT2D eigenvalue weighted by molar-refractivity contribution is 7.18. The van der Waals surface area contributed by atoms with Gasteiger partial charge in [-0.2, -0.15) is 0 Å². The van der Waals surface area contributed by atoms with E-state index in [1.807, 2.05) is 66.3 Å². The van der Waals surface area contributed by atoms with Crippen LogP contribution in [0.15, 0.2) is 66.2 Å². The Balaban J connectivity index is 1.19. The van der Waals surface area contributed by atoms with Crippen molar-refractivity contribution in [2.75, 3.05) is 50.9 Å². The molecular weight excluding hydrogens is 544 g/mol. The SMILES string of the molecule is COc1cc(-c2csc3c(/C=C/CNCCN4CCCC4)cnc(N)c23)ccc1NC(=O)c1cc2ccccc2n1C. The largest absolute Gasteiger partial charge is 0.495 e. The van der Waals surface area contributed by atoms with Crippen molar-refractivity contribution in [2.45, 2.75) is 12.8 Å². The van der Waals surface area contributed by atoms with E-state index in [1.165, 1.54) is 25.9 Å². The van der Waals surface area contributed by atoms with Gasteiger partial charge in [0.1, 0.15) is 17.3 Å². The number of anilines is 2. The predicted molar refractivity (Wildman–Crippen MR) is 174 cm³/mol. The number of aryl methyl sites for hydroxylation is 1. The minimum atomic E-state index is -0.198. The molecule has 6 rings (SSSR count). The molecule has 1 fully saturated rings. The number of hydrogen-bond donors (Lipinski definition) is 3. The lowest BCUT2D eigenvalue weighted by molar-refractivity contribution is 0.101. The number of methoxy groups -OCH3 is 1. The van der Waals surface area contributed by atoms with Gasteiger partial charge in [-0.1, -0.05) is 36.4 Å². The minimum absolute atomic E-state index is 0.198. The van der Waals surface area contributed by atoms with Crippen LogP contribution in [0.4, 0.5) is 11.5 Å². The molecule has 1 saturated heterocycles. The first-order valence-corrected chi connectivity index (χ1v) is 15.2. The summed E-state index contributed by atoms with van der Waals surface area (Å²) >= 11 is 1.65. The number of carbonyl (C=O) groups excluding carboxylic acids is 1. The molecule has 0 aliphatic carbocycles. The zero-order valence-electron chi connectivity index (χ0n) is 24.0. The van der Waals surface area contributed by atoms with E-state index >= 15 is 0 Å². The van der Waals surface area contributed by atoms with Crippen molar-refractivity contribution in [3.8, 4) is 16.9 Å². The monoisotopic (exact) mass is 580 g/mol. The molecule has 1 aliphatic heterocycles. The number of nitrogen functional groups attached to an aromatic ring is 1. The Kier molecular flexibility index (Phi) is 8.23. The topological polar surface area (TPSA) is 97.4 Å². The van der Waals surface area contributed by atoms with Gasteiger partial charge in [-0.25, -0.2) is 4.98 Å². The molecule has 0 atom stereocenters. The molecule has 4 N–H and O–H groups in total. The lowest BCUT2D eigenvalue weighted by Crippen LogP contribution is -2.29. The number of benzene rings is 2. The minimum Gasteiger partial charge on any atom is -0.495 e. The smallest absolute Gasteiger partial charge is 0.272 e. The summed E-state index contributed by atoms with van der Waals surface area (Å²) in [6.45, 7) is 5.35. The Hall–Kier alpha value is -4.18. The Morgan fingerprint density at radius 2 is 2.00 bits per heavy atom. The standard InChI is InChI=1S/C33H36N6O2S/c1-38-27-10-4-3-8-23(27)18-28(38)33(40)37-26-12-11-22(19-29(26)41-2)25-21-42-31-24(20-36-32(34)30(25)31)9-7-13-35-14-17-39-15-5-6-16-39/h3-4,7-12,18-21,35H,5-6,13-17H2,1-2H3,(H2,34,36)(H,37,40)/b9-7+. The Morgan fingerprint density at radius 3 is 2.81 bits per heavy atom. The first-order valence-electron chi connectivity index (χ1n) is 14.3. The van der Waals surface area contributed by atoms with E-state index in [2.05, 4.69) is 38.0 Å². The van der Waals surface area contributed by atoms with Gasteiger partial charge < -0.3 is 30.6 Å². The van der Waals surface area contributed by atoms with Crippen LogP contribution < -0.4 is 21.1 Å². The average Bonchev–Trinajstić information content (AvgIpc) is 3.76. The normalized spacial score (nSPS) is 14.0. The van der Waals surface area contributed by atoms with Gasteiger partial charge in [-0.05, 0) is 61.1 Å². The van der Waals surface area contributed by atoms with Gasteiger partial charge in [-0.3, -0.25) is 4.79 Å². The molecule has 0 radical (unpaired) electrons. The molecule has 4 heterocycles. The molecule has 0 bridgehead atoms. The van der Waals surface area contributed by atoms with Gasteiger partial charge in [0.25, 0.3) is 5.91 Å². The number of thiophene rings is 1. The van der Waals surface area contributed by atoms with Crippen LogP contribution in [0, 0.1) is 0 Å². The van der Waals surface area contributed by atoms with E-state index in [1.54, 1.807) is 18.4 Å². The summed E-state index contributed by atoms with van der Waals surface area (Å²) in [5.41, 5.74) is 11.6. The van der Waals surface area contributed by atoms with Crippen LogP contribution in [0.2, 0.25) is 0 Å². The number of rotatable bonds is 10. The number of likely N-dealkylation sites (tertiary alicyclic amines) is 1. The molecule has 42 heavy (non-hydrogen) atoms. The molecule has 2 aromatic carbocycles. The highest BCUT2D eigenvalue weighted by Gasteiger charge is 2.18. The Morgan fingerprint density at radius 1 is 1.17 bits per heavy atom. The van der Waals surface area contributed by atoms with Gasteiger partial charge in [0.15, 0.2) is 0 Å². The number of nitrogens with two attached hydrogens (primary N) is 1. The fourth-order valence-corrected chi connectivity index (χ4v) is 6.77. The van der Waals surface area contributed by atoms with Crippen molar-refractivity contribution in [1.29, 1.82) is 0 Å². The summed E-state index contributed by atoms with van der Waals surface area (Å²) in [5.74, 6) is 0.868. The second kappa shape index (κ2) is 12.4. The second-order valence-corrected chi connectivity index (χ2v) is 11.5. The third kappa shape index (κ3) is 5.63. The van der Waals surface area contributed by atoms with E-state index in [-0.39, 0.29) is 5.91 Å². The van der Waals surface area contributed by atoms with Crippen molar-refractivity contribution < 1.29 is 9.53 Å². The number of fused-ring (bicyclic) bond motifs is 2. The molecule has 0 spiro atoms. The molecule has 9 heteroatoms. The van der Waals surface area contributed by atoms with Crippen LogP contribution in [0.1, 0.15) is 28.9 Å². The number of nitrogens with zero attached hydrogens (tertiary/aromatic N) is 3. The predicted octanol–water partition coefficient (Wildman–Crippen LogP) is 6.00. The van der Waals surface area contributed by atoms with E-state index in [9.17, 15) is 4.79 Å². The van der Waals surface area contributed by atoms with Crippen LogP contribution >= 0.6 is 11.3 Å². The number of carbonyl (C=O) groups is 1. The number of amides is 1. The fourth-order valence-electron chi connectivity index (χ4n) is 5.69. The summed E-state index contributed by atoms with van der Waals surface area (Å²) in [4.78, 5) is 20.2. The molecule has 216 valence electrons. The highest BCUT2D eigenvalue weighted by Crippen LogP contribution is 2.41. The number of nitrogens with one attached hydrogen (secondary N) is 2. The number of ether oxygens (including phenoxy) is 1. The maximum atomic E-state index is 13.2. The summed E-state index contributed by atoms with van der Waals surface area (Å²) in [6.07, 6.45) is 8.74. The van der Waals surface area contributed by atoms with Gasteiger partial charge in [0, 0.05) is 65.0 Å². The van der Waals surface area contributed by atoms with Crippen LogP contribution in [-0.4, -0.2) is 60.2 Å². The van der Waals surface area contributed by atoms with Crippen molar-refractivity contribution in [3.63, 3.8) is 0 Å². The number of aromatic nitrogens is 2. The number of para-hydroxylation sites is 1.